The SMILES string of the molecule is Cc1ccc(-c2nc(COC(=O)CSc3ccccc3C)cs2)cc1. The van der Waals surface area contributed by atoms with Crippen LogP contribution >= 0.6 is 23.1 Å². The fourth-order valence-corrected chi connectivity index (χ4v) is 3.89. The number of carbonyl (C=O) groups is 1. The van der Waals surface area contributed by atoms with Gasteiger partial charge in [-0.2, -0.15) is 0 Å². The molecule has 0 radical (unpaired) electrons. The molecule has 0 aliphatic carbocycles. The van der Waals surface area contributed by atoms with Crippen LogP contribution in [-0.2, 0) is 16.1 Å². The van der Waals surface area contributed by atoms with Crippen molar-refractivity contribution in [3.63, 3.8) is 0 Å². The summed E-state index contributed by atoms with van der Waals surface area (Å²) >= 11 is 3.07. The summed E-state index contributed by atoms with van der Waals surface area (Å²) in [5, 5.41) is 2.89. The topological polar surface area (TPSA) is 39.2 Å². The zero-order valence-electron chi connectivity index (χ0n) is 14.2. The third kappa shape index (κ3) is 4.94. The fraction of sp³-hybridized carbons (Fsp3) is 0.200. The van der Waals surface area contributed by atoms with Crippen LogP contribution in [0.1, 0.15) is 16.8 Å². The molecule has 2 aromatic carbocycles. The normalized spacial score (nSPS) is 10.6. The molecule has 25 heavy (non-hydrogen) atoms. The Labute approximate surface area is 156 Å². The molecule has 1 aromatic heterocycles. The number of thiazole rings is 1. The van der Waals surface area contributed by atoms with E-state index >= 15 is 0 Å². The van der Waals surface area contributed by atoms with Gasteiger partial charge in [0.1, 0.15) is 11.6 Å². The van der Waals surface area contributed by atoms with Gasteiger partial charge in [-0.05, 0) is 25.5 Å². The highest BCUT2D eigenvalue weighted by molar-refractivity contribution is 8.00. The number of hydrogen-bond acceptors (Lipinski definition) is 5. The molecule has 0 atom stereocenters. The second-order valence-corrected chi connectivity index (χ2v) is 7.60. The van der Waals surface area contributed by atoms with Gasteiger partial charge in [-0.3, -0.25) is 4.79 Å². The van der Waals surface area contributed by atoms with E-state index in [0.717, 1.165) is 21.2 Å². The van der Waals surface area contributed by atoms with Gasteiger partial charge in [-0.25, -0.2) is 4.98 Å². The van der Waals surface area contributed by atoms with Crippen molar-refractivity contribution in [3.8, 4) is 10.6 Å². The van der Waals surface area contributed by atoms with Crippen LogP contribution in [0.15, 0.2) is 58.8 Å². The van der Waals surface area contributed by atoms with Crippen molar-refractivity contribution in [2.45, 2.75) is 25.3 Å². The smallest absolute Gasteiger partial charge is 0.316 e. The number of esters is 1. The average Bonchev–Trinajstić information content (AvgIpc) is 3.09. The molecule has 3 nitrogen and oxygen atoms in total. The van der Waals surface area contributed by atoms with Crippen LogP contribution in [0.3, 0.4) is 0 Å². The van der Waals surface area contributed by atoms with Crippen LogP contribution in [0.4, 0.5) is 0 Å². The summed E-state index contributed by atoms with van der Waals surface area (Å²) in [6.07, 6.45) is 0. The quantitative estimate of drug-likeness (QED) is 0.439. The maximum absolute atomic E-state index is 11.9. The molecule has 128 valence electrons. The predicted molar refractivity (Wildman–Crippen MR) is 104 cm³/mol. The standard InChI is InChI=1S/C20H19NO2S2/c1-14-7-9-16(10-8-14)20-21-17(12-25-20)11-23-19(22)13-24-18-6-4-3-5-15(18)2/h3-10,12H,11,13H2,1-2H3. The van der Waals surface area contributed by atoms with Gasteiger partial charge >= 0.3 is 5.97 Å². The number of nitrogens with zero attached hydrogens (tertiary/aromatic N) is 1. The van der Waals surface area contributed by atoms with Crippen LogP contribution < -0.4 is 0 Å². The van der Waals surface area contributed by atoms with Crippen LogP contribution in [0.5, 0.6) is 0 Å². The Hall–Kier alpha value is -2.11. The minimum absolute atomic E-state index is 0.218. The van der Waals surface area contributed by atoms with Crippen molar-refractivity contribution in [1.82, 2.24) is 4.98 Å². The number of hydrogen-bond donors (Lipinski definition) is 0. The van der Waals surface area contributed by atoms with Crippen LogP contribution in [0.2, 0.25) is 0 Å². The lowest BCUT2D eigenvalue weighted by Crippen LogP contribution is -2.07. The van der Waals surface area contributed by atoms with E-state index in [1.165, 1.54) is 22.9 Å². The molecule has 0 amide bonds. The summed E-state index contributed by atoms with van der Waals surface area (Å²) in [6, 6.07) is 16.3. The molecule has 0 fully saturated rings. The van der Waals surface area contributed by atoms with Gasteiger partial charge in [0.2, 0.25) is 0 Å². The maximum Gasteiger partial charge on any atom is 0.316 e. The first-order chi connectivity index (χ1) is 12.1. The van der Waals surface area contributed by atoms with Gasteiger partial charge in [0.05, 0.1) is 11.4 Å². The minimum Gasteiger partial charge on any atom is -0.459 e. The van der Waals surface area contributed by atoms with E-state index in [4.69, 9.17) is 4.74 Å². The highest BCUT2D eigenvalue weighted by Crippen LogP contribution is 2.25. The Morgan fingerprint density at radius 3 is 2.64 bits per heavy atom. The lowest BCUT2D eigenvalue weighted by Gasteiger charge is -2.05. The zero-order valence-corrected chi connectivity index (χ0v) is 15.8. The Balaban J connectivity index is 1.51. The monoisotopic (exact) mass is 369 g/mol. The number of benzene rings is 2. The molecule has 0 bridgehead atoms. The lowest BCUT2D eigenvalue weighted by atomic mass is 10.2. The van der Waals surface area contributed by atoms with E-state index < -0.39 is 0 Å². The second-order valence-electron chi connectivity index (χ2n) is 5.72. The summed E-state index contributed by atoms with van der Waals surface area (Å²) in [6.45, 7) is 4.32. The molecule has 0 N–H and O–H groups in total. The van der Waals surface area contributed by atoms with Gasteiger partial charge in [0.15, 0.2) is 0 Å². The number of thioether (sulfide) groups is 1. The second kappa shape index (κ2) is 8.32. The molecule has 5 heteroatoms. The van der Waals surface area contributed by atoms with Gasteiger partial charge in [-0.15, -0.1) is 23.1 Å². The molecule has 3 aromatic rings. The number of aromatic nitrogens is 1. The highest BCUT2D eigenvalue weighted by Gasteiger charge is 2.09. The molecule has 1 heterocycles. The van der Waals surface area contributed by atoms with E-state index in [1.807, 2.05) is 36.6 Å². The summed E-state index contributed by atoms with van der Waals surface area (Å²) < 4.78 is 5.34. The van der Waals surface area contributed by atoms with Crippen molar-refractivity contribution < 1.29 is 9.53 Å². The molecule has 0 aliphatic rings. The molecule has 0 saturated carbocycles. The Bertz CT molecular complexity index is 856. The fourth-order valence-electron chi connectivity index (χ4n) is 2.25. The van der Waals surface area contributed by atoms with Crippen LogP contribution in [0.25, 0.3) is 10.6 Å². The summed E-state index contributed by atoms with van der Waals surface area (Å²) in [5.74, 6) is 0.0814. The zero-order chi connectivity index (χ0) is 17.6. The Morgan fingerprint density at radius 1 is 1.12 bits per heavy atom. The summed E-state index contributed by atoms with van der Waals surface area (Å²) in [5.41, 5.74) is 4.27. The summed E-state index contributed by atoms with van der Waals surface area (Å²) in [4.78, 5) is 17.6. The molecular weight excluding hydrogens is 350 g/mol. The van der Waals surface area contributed by atoms with E-state index in [9.17, 15) is 4.79 Å². The van der Waals surface area contributed by atoms with Crippen LogP contribution in [0, 0.1) is 13.8 Å². The van der Waals surface area contributed by atoms with E-state index in [1.54, 1.807) is 11.3 Å². The summed E-state index contributed by atoms with van der Waals surface area (Å²) in [7, 11) is 0. The first-order valence-electron chi connectivity index (χ1n) is 7.97. The molecule has 3 rings (SSSR count). The van der Waals surface area contributed by atoms with E-state index in [0.29, 0.717) is 5.75 Å². The van der Waals surface area contributed by atoms with E-state index in [2.05, 4.69) is 36.2 Å². The maximum atomic E-state index is 11.9. The predicted octanol–water partition coefficient (Wildman–Crippen LogP) is 5.26. The number of ether oxygens (including phenoxy) is 1. The molecule has 0 spiro atoms. The van der Waals surface area contributed by atoms with Crippen molar-refractivity contribution in [1.29, 1.82) is 0 Å². The number of aryl methyl sites for hydroxylation is 2. The average molecular weight is 370 g/mol. The Kier molecular flexibility index (Phi) is 5.89. The van der Waals surface area contributed by atoms with Crippen molar-refractivity contribution in [2.75, 3.05) is 5.75 Å². The largest absolute Gasteiger partial charge is 0.459 e. The first kappa shape index (κ1) is 17.7. The van der Waals surface area contributed by atoms with Gasteiger partial charge in [0, 0.05) is 15.8 Å². The lowest BCUT2D eigenvalue weighted by molar-refractivity contribution is -0.141. The Morgan fingerprint density at radius 2 is 1.88 bits per heavy atom. The third-order valence-corrected chi connectivity index (χ3v) is 5.76. The van der Waals surface area contributed by atoms with E-state index in [-0.39, 0.29) is 12.6 Å². The number of rotatable bonds is 6. The van der Waals surface area contributed by atoms with Gasteiger partial charge in [-0.1, -0.05) is 48.0 Å². The van der Waals surface area contributed by atoms with Crippen LogP contribution in [-0.4, -0.2) is 16.7 Å². The molecule has 0 aliphatic heterocycles. The first-order valence-corrected chi connectivity index (χ1v) is 9.84. The molecule has 0 saturated heterocycles. The van der Waals surface area contributed by atoms with Crippen molar-refractivity contribution in [3.05, 3.63) is 70.7 Å². The van der Waals surface area contributed by atoms with Gasteiger partial charge in [0.25, 0.3) is 0 Å². The minimum atomic E-state index is -0.224. The molecular formula is C20H19NO2S2. The third-order valence-electron chi connectivity index (χ3n) is 3.67. The number of carbonyl (C=O) groups excluding carboxylic acids is 1. The highest BCUT2D eigenvalue weighted by atomic mass is 32.2. The van der Waals surface area contributed by atoms with Crippen molar-refractivity contribution >= 4 is 29.1 Å². The van der Waals surface area contributed by atoms with Crippen molar-refractivity contribution in [2.24, 2.45) is 0 Å². The van der Waals surface area contributed by atoms with Gasteiger partial charge < -0.3 is 4.74 Å². The molecule has 0 unspecified atom stereocenters.